The van der Waals surface area contributed by atoms with Crippen molar-refractivity contribution in [3.05, 3.63) is 77.7 Å². The fourth-order valence-corrected chi connectivity index (χ4v) is 4.54. The SMILES string of the molecule is COc1ccc(OC)c(CN(C(=O)c2ccc(S(=O)(=O)NCc3ccco3)cc2)C2CC2)c1. The number of rotatable bonds is 10. The first-order valence-electron chi connectivity index (χ1n) is 10.6. The lowest BCUT2D eigenvalue weighted by Crippen LogP contribution is -2.32. The number of hydrogen-bond acceptors (Lipinski definition) is 6. The van der Waals surface area contributed by atoms with E-state index in [1.54, 1.807) is 43.4 Å². The summed E-state index contributed by atoms with van der Waals surface area (Å²) in [7, 11) is -0.551. The zero-order valence-electron chi connectivity index (χ0n) is 18.5. The van der Waals surface area contributed by atoms with Gasteiger partial charge in [-0.15, -0.1) is 0 Å². The fourth-order valence-electron chi connectivity index (χ4n) is 3.55. The van der Waals surface area contributed by atoms with Crippen LogP contribution in [0.5, 0.6) is 11.5 Å². The number of ether oxygens (including phenoxy) is 2. The summed E-state index contributed by atoms with van der Waals surface area (Å²) in [6.07, 6.45) is 3.35. The summed E-state index contributed by atoms with van der Waals surface area (Å²) in [5, 5.41) is 0. The molecule has 33 heavy (non-hydrogen) atoms. The third-order valence-electron chi connectivity index (χ3n) is 5.50. The van der Waals surface area contributed by atoms with E-state index in [0.717, 1.165) is 18.4 Å². The number of carbonyl (C=O) groups is 1. The minimum atomic E-state index is -3.73. The molecule has 1 N–H and O–H groups in total. The molecule has 0 aliphatic heterocycles. The Morgan fingerprint density at radius 1 is 1.09 bits per heavy atom. The largest absolute Gasteiger partial charge is 0.497 e. The molecule has 1 aliphatic carbocycles. The van der Waals surface area contributed by atoms with Crippen LogP contribution >= 0.6 is 0 Å². The molecule has 1 saturated carbocycles. The van der Waals surface area contributed by atoms with E-state index in [4.69, 9.17) is 13.9 Å². The number of methoxy groups -OCH3 is 2. The molecule has 0 atom stereocenters. The van der Waals surface area contributed by atoms with Gasteiger partial charge in [-0.2, -0.15) is 0 Å². The summed E-state index contributed by atoms with van der Waals surface area (Å²) in [5.41, 5.74) is 1.27. The molecule has 0 unspecified atom stereocenters. The van der Waals surface area contributed by atoms with E-state index in [9.17, 15) is 13.2 Å². The average Bonchev–Trinajstić information content (AvgIpc) is 3.54. The number of sulfonamides is 1. The van der Waals surface area contributed by atoms with Crippen molar-refractivity contribution in [3.63, 3.8) is 0 Å². The lowest BCUT2D eigenvalue weighted by atomic mass is 10.1. The molecule has 1 amide bonds. The average molecular weight is 471 g/mol. The molecule has 1 aromatic heterocycles. The zero-order chi connectivity index (χ0) is 23.4. The summed E-state index contributed by atoms with van der Waals surface area (Å²) in [6.45, 7) is 0.419. The van der Waals surface area contributed by atoms with Crippen LogP contribution in [-0.4, -0.2) is 39.5 Å². The smallest absolute Gasteiger partial charge is 0.254 e. The van der Waals surface area contributed by atoms with Gasteiger partial charge in [0.15, 0.2) is 0 Å². The maximum absolute atomic E-state index is 13.3. The maximum atomic E-state index is 13.3. The van der Waals surface area contributed by atoms with Gasteiger partial charge in [0.2, 0.25) is 10.0 Å². The van der Waals surface area contributed by atoms with E-state index in [-0.39, 0.29) is 23.4 Å². The van der Waals surface area contributed by atoms with Crippen molar-refractivity contribution < 1.29 is 27.1 Å². The van der Waals surface area contributed by atoms with Gasteiger partial charge in [-0.1, -0.05) is 0 Å². The molecule has 4 rings (SSSR count). The van der Waals surface area contributed by atoms with E-state index in [1.165, 1.54) is 18.4 Å². The van der Waals surface area contributed by atoms with Gasteiger partial charge in [-0.05, 0) is 67.4 Å². The van der Waals surface area contributed by atoms with Crippen LogP contribution in [0.2, 0.25) is 0 Å². The predicted molar refractivity (Wildman–Crippen MR) is 122 cm³/mol. The van der Waals surface area contributed by atoms with Gasteiger partial charge in [-0.25, -0.2) is 13.1 Å². The standard InChI is InChI=1S/C24H26N2O6S/c1-30-20-9-12-23(31-2)18(14-20)16-26(19-7-8-19)24(27)17-5-10-22(11-6-17)33(28,29)25-15-21-4-3-13-32-21/h3-6,9-14,19,25H,7-8,15-16H2,1-2H3. The van der Waals surface area contributed by atoms with Crippen LogP contribution in [0.4, 0.5) is 0 Å². The van der Waals surface area contributed by atoms with Crippen LogP contribution in [0.15, 0.2) is 70.2 Å². The Bertz CT molecular complexity index is 1200. The number of benzene rings is 2. The lowest BCUT2D eigenvalue weighted by molar-refractivity contribution is 0.0728. The summed E-state index contributed by atoms with van der Waals surface area (Å²) in [4.78, 5) is 15.2. The first-order chi connectivity index (χ1) is 15.9. The predicted octanol–water partition coefficient (Wildman–Crippen LogP) is 3.58. The van der Waals surface area contributed by atoms with Crippen molar-refractivity contribution in [1.29, 1.82) is 0 Å². The minimum Gasteiger partial charge on any atom is -0.497 e. The first kappa shape index (κ1) is 22.9. The highest BCUT2D eigenvalue weighted by atomic mass is 32.2. The molecule has 9 heteroatoms. The van der Waals surface area contributed by atoms with Crippen molar-refractivity contribution in [2.24, 2.45) is 0 Å². The second-order valence-electron chi connectivity index (χ2n) is 7.77. The van der Waals surface area contributed by atoms with Crippen LogP contribution in [-0.2, 0) is 23.1 Å². The van der Waals surface area contributed by atoms with Gasteiger partial charge in [0.05, 0.1) is 38.5 Å². The van der Waals surface area contributed by atoms with Crippen molar-refractivity contribution in [2.75, 3.05) is 14.2 Å². The van der Waals surface area contributed by atoms with E-state index in [0.29, 0.717) is 29.4 Å². The number of furan rings is 1. The summed E-state index contributed by atoms with van der Waals surface area (Å²) >= 11 is 0. The number of hydrogen-bond donors (Lipinski definition) is 1. The van der Waals surface area contributed by atoms with E-state index < -0.39 is 10.0 Å². The van der Waals surface area contributed by atoms with Crippen LogP contribution in [0.3, 0.4) is 0 Å². The molecule has 2 aromatic carbocycles. The Kier molecular flexibility index (Phi) is 6.71. The highest BCUT2D eigenvalue weighted by Gasteiger charge is 2.34. The van der Waals surface area contributed by atoms with Crippen molar-refractivity contribution in [3.8, 4) is 11.5 Å². The maximum Gasteiger partial charge on any atom is 0.254 e. The first-order valence-corrected chi connectivity index (χ1v) is 12.0. The Balaban J connectivity index is 1.50. The quantitative estimate of drug-likeness (QED) is 0.486. The Hall–Kier alpha value is -3.30. The van der Waals surface area contributed by atoms with Crippen LogP contribution in [0.25, 0.3) is 0 Å². The topological polar surface area (TPSA) is 98.1 Å². The van der Waals surface area contributed by atoms with Crippen LogP contribution in [0, 0.1) is 0 Å². The molecule has 8 nitrogen and oxygen atoms in total. The van der Waals surface area contributed by atoms with Crippen molar-refractivity contribution in [1.82, 2.24) is 9.62 Å². The Morgan fingerprint density at radius 3 is 2.45 bits per heavy atom. The fraction of sp³-hybridized carbons (Fsp3) is 0.292. The second kappa shape index (κ2) is 9.68. The molecule has 1 heterocycles. The third-order valence-corrected chi connectivity index (χ3v) is 6.92. The molecule has 1 fully saturated rings. The number of amides is 1. The van der Waals surface area contributed by atoms with Gasteiger partial charge in [0.1, 0.15) is 17.3 Å². The number of nitrogens with zero attached hydrogens (tertiary/aromatic N) is 1. The molecule has 1 aliphatic rings. The van der Waals surface area contributed by atoms with Gasteiger partial charge >= 0.3 is 0 Å². The Morgan fingerprint density at radius 2 is 1.85 bits per heavy atom. The van der Waals surface area contributed by atoms with Gasteiger partial charge in [0, 0.05) is 17.2 Å². The number of nitrogens with one attached hydrogen (secondary N) is 1. The third kappa shape index (κ3) is 5.37. The normalized spacial score (nSPS) is 13.5. The molecule has 3 aromatic rings. The molecule has 0 radical (unpaired) electrons. The minimum absolute atomic E-state index is 0.0494. The molecule has 0 bridgehead atoms. The number of carbonyl (C=O) groups excluding carboxylic acids is 1. The highest BCUT2D eigenvalue weighted by Crippen LogP contribution is 2.33. The molecule has 174 valence electrons. The van der Waals surface area contributed by atoms with Crippen molar-refractivity contribution >= 4 is 15.9 Å². The van der Waals surface area contributed by atoms with E-state index >= 15 is 0 Å². The molecular formula is C24H26N2O6S. The molecule has 0 spiro atoms. The lowest BCUT2D eigenvalue weighted by Gasteiger charge is -2.24. The Labute approximate surface area is 193 Å². The van der Waals surface area contributed by atoms with E-state index in [2.05, 4.69) is 4.72 Å². The van der Waals surface area contributed by atoms with E-state index in [1.807, 2.05) is 18.2 Å². The van der Waals surface area contributed by atoms with Crippen molar-refractivity contribution in [2.45, 2.75) is 36.9 Å². The monoisotopic (exact) mass is 470 g/mol. The highest BCUT2D eigenvalue weighted by molar-refractivity contribution is 7.89. The van der Waals surface area contributed by atoms with Crippen LogP contribution < -0.4 is 14.2 Å². The van der Waals surface area contributed by atoms with Gasteiger partial charge < -0.3 is 18.8 Å². The summed E-state index contributed by atoms with van der Waals surface area (Å²) in [6, 6.07) is 15.0. The molecular weight excluding hydrogens is 444 g/mol. The van der Waals surface area contributed by atoms with Gasteiger partial charge in [-0.3, -0.25) is 4.79 Å². The van der Waals surface area contributed by atoms with Crippen LogP contribution in [0.1, 0.15) is 34.5 Å². The second-order valence-corrected chi connectivity index (χ2v) is 9.54. The molecule has 0 saturated heterocycles. The van der Waals surface area contributed by atoms with Gasteiger partial charge in [0.25, 0.3) is 5.91 Å². The summed E-state index contributed by atoms with van der Waals surface area (Å²) in [5.74, 6) is 1.72. The summed E-state index contributed by atoms with van der Waals surface area (Å²) < 4.78 is 43.5. The zero-order valence-corrected chi connectivity index (χ0v) is 19.3.